The van der Waals surface area contributed by atoms with Gasteiger partial charge in [0.25, 0.3) is 0 Å². The van der Waals surface area contributed by atoms with Crippen LogP contribution in [0, 0.1) is 11.8 Å². The first kappa shape index (κ1) is 17.8. The summed E-state index contributed by atoms with van der Waals surface area (Å²) in [4.78, 5) is 12.3. The lowest BCUT2D eigenvalue weighted by Gasteiger charge is -2.34. The van der Waals surface area contributed by atoms with E-state index in [1.165, 1.54) is 24.6 Å². The molecule has 2 aromatic rings. The van der Waals surface area contributed by atoms with Crippen molar-refractivity contribution in [1.82, 2.24) is 19.9 Å². The Hall–Kier alpha value is -0.980. The van der Waals surface area contributed by atoms with E-state index in [9.17, 15) is 4.79 Å². The average molecular weight is 387 g/mol. The highest BCUT2D eigenvalue weighted by Gasteiger charge is 2.28. The molecule has 3 rings (SSSR count). The molecule has 130 valence electrons. The lowest BCUT2D eigenvalue weighted by molar-refractivity contribution is -0.120. The number of amides is 1. The largest absolute Gasteiger partial charge is 0.352 e. The topological polar surface area (TPSA) is 59.3 Å². The smallest absolute Gasteiger partial charge is 0.230 e. The Morgan fingerprint density at radius 3 is 2.96 bits per heavy atom. The monoisotopic (exact) mass is 386 g/mol. The fourth-order valence-corrected chi connectivity index (χ4v) is 4.39. The maximum Gasteiger partial charge on any atom is 0.230 e. The second-order valence-electron chi connectivity index (χ2n) is 6.41. The molecule has 24 heavy (non-hydrogen) atoms. The van der Waals surface area contributed by atoms with Crippen molar-refractivity contribution in [3.05, 3.63) is 22.3 Å². The van der Waals surface area contributed by atoms with Gasteiger partial charge >= 0.3 is 0 Å². The van der Waals surface area contributed by atoms with E-state index in [1.807, 2.05) is 0 Å². The van der Waals surface area contributed by atoms with Crippen LogP contribution in [0.25, 0.3) is 5.65 Å². The van der Waals surface area contributed by atoms with Crippen LogP contribution in [0.3, 0.4) is 0 Å². The van der Waals surface area contributed by atoms with Crippen LogP contribution < -0.4 is 5.32 Å². The van der Waals surface area contributed by atoms with Crippen molar-refractivity contribution < 1.29 is 4.79 Å². The van der Waals surface area contributed by atoms with E-state index < -0.39 is 0 Å². The summed E-state index contributed by atoms with van der Waals surface area (Å²) in [6.07, 6.45) is 5.18. The zero-order chi connectivity index (χ0) is 17.3. The Labute approximate surface area is 155 Å². The fraction of sp³-hybridized carbons (Fsp3) is 0.562. The lowest BCUT2D eigenvalue weighted by Crippen LogP contribution is -2.44. The second-order valence-corrected chi connectivity index (χ2v) is 8.20. The number of aromatic nitrogens is 3. The van der Waals surface area contributed by atoms with Crippen molar-refractivity contribution in [1.29, 1.82) is 0 Å². The van der Waals surface area contributed by atoms with Crippen LogP contribution >= 0.6 is 35.0 Å². The number of pyridine rings is 1. The molecule has 2 heterocycles. The molecular formula is C16H20Cl2N4OS. The number of rotatable bonds is 4. The standard InChI is InChI=1S/C16H20Cl2N4OS/c1-9-4-3-5-13(10(9)2)19-14(23)8-24-16-21-20-15-12(18)6-11(17)7-22(15)16/h6-7,9-10,13H,3-5,8H2,1-2H3,(H,19,23)/t9-,10-,13-/m1/s1. The number of hydrogen-bond donors (Lipinski definition) is 1. The number of fused-ring (bicyclic) bond motifs is 1. The Kier molecular flexibility index (Phi) is 5.57. The molecule has 1 fully saturated rings. The van der Waals surface area contributed by atoms with Gasteiger partial charge in [-0.2, -0.15) is 0 Å². The molecule has 1 N–H and O–H groups in total. The van der Waals surface area contributed by atoms with Gasteiger partial charge in [-0.05, 0) is 24.3 Å². The summed E-state index contributed by atoms with van der Waals surface area (Å²) < 4.78 is 1.72. The maximum absolute atomic E-state index is 12.3. The molecule has 1 aliphatic rings. The fourth-order valence-electron chi connectivity index (χ4n) is 3.17. The van der Waals surface area contributed by atoms with Crippen LogP contribution in [0.5, 0.6) is 0 Å². The zero-order valence-corrected chi connectivity index (χ0v) is 16.0. The number of carbonyl (C=O) groups excluding carboxylic acids is 1. The normalized spacial score (nSPS) is 24.2. The van der Waals surface area contributed by atoms with Crippen molar-refractivity contribution in [3.63, 3.8) is 0 Å². The molecule has 0 radical (unpaired) electrons. The molecule has 0 aliphatic heterocycles. The summed E-state index contributed by atoms with van der Waals surface area (Å²) in [5.41, 5.74) is 0.540. The van der Waals surface area contributed by atoms with Gasteiger partial charge in [-0.1, -0.05) is 61.7 Å². The predicted octanol–water partition coefficient (Wildman–Crippen LogP) is 4.07. The number of nitrogens with zero attached hydrogens (tertiary/aromatic N) is 3. The molecule has 2 aromatic heterocycles. The van der Waals surface area contributed by atoms with E-state index in [1.54, 1.807) is 16.7 Å². The van der Waals surface area contributed by atoms with Gasteiger partial charge in [0.2, 0.25) is 5.91 Å². The van der Waals surface area contributed by atoms with Gasteiger partial charge in [-0.25, -0.2) is 0 Å². The van der Waals surface area contributed by atoms with E-state index in [-0.39, 0.29) is 11.9 Å². The van der Waals surface area contributed by atoms with Crippen LogP contribution in [0.4, 0.5) is 0 Å². The molecule has 0 saturated heterocycles. The SMILES string of the molecule is C[C@@H]1[C@H](C)CCC[C@H]1NC(=O)CSc1nnc2c(Cl)cc(Cl)cn12. The number of thioether (sulfide) groups is 1. The highest BCUT2D eigenvalue weighted by atomic mass is 35.5. The first-order valence-corrected chi connectivity index (χ1v) is 9.82. The lowest BCUT2D eigenvalue weighted by atomic mass is 9.78. The van der Waals surface area contributed by atoms with Gasteiger partial charge in [0.15, 0.2) is 10.8 Å². The van der Waals surface area contributed by atoms with Gasteiger partial charge in [0.1, 0.15) is 0 Å². The first-order valence-electron chi connectivity index (χ1n) is 8.07. The molecule has 1 amide bonds. The van der Waals surface area contributed by atoms with Gasteiger partial charge < -0.3 is 5.32 Å². The Morgan fingerprint density at radius 1 is 1.38 bits per heavy atom. The molecule has 0 aromatic carbocycles. The van der Waals surface area contributed by atoms with Crippen molar-refractivity contribution in [2.45, 2.75) is 44.3 Å². The Morgan fingerprint density at radius 2 is 2.17 bits per heavy atom. The van der Waals surface area contributed by atoms with E-state index in [4.69, 9.17) is 23.2 Å². The van der Waals surface area contributed by atoms with Gasteiger partial charge in [-0.15, -0.1) is 10.2 Å². The van der Waals surface area contributed by atoms with Crippen molar-refractivity contribution in [2.24, 2.45) is 11.8 Å². The summed E-state index contributed by atoms with van der Waals surface area (Å²) in [6.45, 7) is 4.48. The van der Waals surface area contributed by atoms with Crippen LogP contribution in [-0.2, 0) is 4.79 Å². The van der Waals surface area contributed by atoms with Gasteiger partial charge in [-0.3, -0.25) is 9.20 Å². The van der Waals surface area contributed by atoms with Gasteiger partial charge in [0, 0.05) is 12.2 Å². The van der Waals surface area contributed by atoms with Crippen molar-refractivity contribution in [2.75, 3.05) is 5.75 Å². The first-order chi connectivity index (χ1) is 11.5. The second kappa shape index (κ2) is 7.50. The summed E-state index contributed by atoms with van der Waals surface area (Å²) in [7, 11) is 0. The number of nitrogens with one attached hydrogen (secondary N) is 1. The third-order valence-electron chi connectivity index (χ3n) is 4.78. The van der Waals surface area contributed by atoms with Crippen molar-refractivity contribution >= 4 is 46.5 Å². The third kappa shape index (κ3) is 3.81. The molecule has 5 nitrogen and oxygen atoms in total. The number of halogens is 2. The number of carbonyl (C=O) groups is 1. The van der Waals surface area contributed by atoms with Crippen LogP contribution in [0.15, 0.2) is 17.4 Å². The highest BCUT2D eigenvalue weighted by Crippen LogP contribution is 2.30. The molecule has 0 spiro atoms. The summed E-state index contributed by atoms with van der Waals surface area (Å²) in [5.74, 6) is 1.49. The maximum atomic E-state index is 12.3. The average Bonchev–Trinajstić information content (AvgIpc) is 2.93. The Balaban J connectivity index is 1.62. The van der Waals surface area contributed by atoms with Crippen LogP contribution in [0.1, 0.15) is 33.1 Å². The quantitative estimate of drug-likeness (QED) is 0.804. The van der Waals surface area contributed by atoms with Crippen molar-refractivity contribution in [3.8, 4) is 0 Å². The third-order valence-corrected chi connectivity index (χ3v) is 6.21. The zero-order valence-electron chi connectivity index (χ0n) is 13.6. The molecule has 1 saturated carbocycles. The molecule has 3 atom stereocenters. The van der Waals surface area contributed by atoms with E-state index in [0.717, 1.165) is 6.42 Å². The van der Waals surface area contributed by atoms with E-state index in [0.29, 0.717) is 38.4 Å². The molecule has 0 unspecified atom stereocenters. The molecular weight excluding hydrogens is 367 g/mol. The minimum Gasteiger partial charge on any atom is -0.352 e. The molecule has 0 bridgehead atoms. The van der Waals surface area contributed by atoms with Gasteiger partial charge in [0.05, 0.1) is 15.8 Å². The minimum absolute atomic E-state index is 0.0239. The minimum atomic E-state index is 0.0239. The summed E-state index contributed by atoms with van der Waals surface area (Å²) in [5, 5.41) is 12.9. The van der Waals surface area contributed by atoms with Crippen LogP contribution in [0.2, 0.25) is 10.0 Å². The van der Waals surface area contributed by atoms with E-state index >= 15 is 0 Å². The highest BCUT2D eigenvalue weighted by molar-refractivity contribution is 7.99. The molecule has 1 aliphatic carbocycles. The summed E-state index contributed by atoms with van der Waals surface area (Å²) in [6, 6.07) is 1.89. The number of hydrogen-bond acceptors (Lipinski definition) is 4. The van der Waals surface area contributed by atoms with Crippen LogP contribution in [-0.4, -0.2) is 32.3 Å². The summed E-state index contributed by atoms with van der Waals surface area (Å²) >= 11 is 13.5. The predicted molar refractivity (Wildman–Crippen MR) is 97.8 cm³/mol. The Bertz CT molecular complexity index is 751. The van der Waals surface area contributed by atoms with E-state index in [2.05, 4.69) is 29.4 Å². The molecule has 8 heteroatoms.